The zero-order valence-corrected chi connectivity index (χ0v) is 6.97. The number of anilines is 2. The molecule has 0 atom stereocenters. The fourth-order valence-corrected chi connectivity index (χ4v) is 0.951. The number of nitrogens with one attached hydrogen (secondary N) is 1. The fraction of sp³-hybridized carbons (Fsp3) is 0. The number of benzene rings is 1. The molecule has 0 aromatic heterocycles. The lowest BCUT2D eigenvalue weighted by Crippen LogP contribution is -2.25. The van der Waals surface area contributed by atoms with Crippen LogP contribution in [0.1, 0.15) is 10.4 Å². The van der Waals surface area contributed by atoms with Crippen molar-refractivity contribution in [1.82, 2.24) is 0 Å². The Hall–Kier alpha value is -1.83. The average Bonchev–Trinajstić information content (AvgIpc) is 2.16. The SMILES string of the molecule is NNc1ccc(N(O)O)cc1C(=O)[O-]. The Balaban J connectivity index is 3.21. The van der Waals surface area contributed by atoms with Crippen LogP contribution in [0.4, 0.5) is 11.4 Å². The lowest BCUT2D eigenvalue weighted by molar-refractivity contribution is -0.254. The van der Waals surface area contributed by atoms with Crippen LogP contribution in [0.15, 0.2) is 18.2 Å². The first-order chi connectivity index (χ1) is 6.56. The molecule has 0 fully saturated rings. The number of carbonyl (C=O) groups is 1. The summed E-state index contributed by atoms with van der Waals surface area (Å²) < 4.78 is 0. The minimum atomic E-state index is -1.47. The topological polar surface area (TPSA) is 122 Å². The highest BCUT2D eigenvalue weighted by Gasteiger charge is 2.06. The predicted molar refractivity (Wildman–Crippen MR) is 44.6 cm³/mol. The van der Waals surface area contributed by atoms with Gasteiger partial charge in [0.05, 0.1) is 17.3 Å². The van der Waals surface area contributed by atoms with Gasteiger partial charge in [-0.3, -0.25) is 16.3 Å². The van der Waals surface area contributed by atoms with Crippen LogP contribution in [0.5, 0.6) is 0 Å². The van der Waals surface area contributed by atoms with Gasteiger partial charge in [0.1, 0.15) is 0 Å². The number of hydrazine groups is 1. The number of hydrogen-bond acceptors (Lipinski definition) is 7. The molecule has 0 radical (unpaired) electrons. The molecule has 7 nitrogen and oxygen atoms in total. The summed E-state index contributed by atoms with van der Waals surface area (Å²) in [4.78, 5) is 10.6. The van der Waals surface area contributed by atoms with Crippen LogP contribution < -0.4 is 21.6 Å². The summed E-state index contributed by atoms with van der Waals surface area (Å²) in [6.45, 7) is 0. The second-order valence-electron chi connectivity index (χ2n) is 2.45. The number of nitrogens with zero attached hydrogens (tertiary/aromatic N) is 1. The fourth-order valence-electron chi connectivity index (χ4n) is 0.951. The van der Waals surface area contributed by atoms with Crippen LogP contribution in [-0.2, 0) is 0 Å². The molecule has 5 N–H and O–H groups in total. The molecule has 0 bridgehead atoms. The van der Waals surface area contributed by atoms with Gasteiger partial charge in [-0.1, -0.05) is 0 Å². The molecule has 0 amide bonds. The van der Waals surface area contributed by atoms with Gasteiger partial charge in [0.2, 0.25) is 0 Å². The molecule has 76 valence electrons. The molecule has 14 heavy (non-hydrogen) atoms. The van der Waals surface area contributed by atoms with Crippen LogP contribution in [0.3, 0.4) is 0 Å². The summed E-state index contributed by atoms with van der Waals surface area (Å²) in [7, 11) is 0. The number of carboxylic acid groups (broad SMARTS) is 1. The van der Waals surface area contributed by atoms with Gasteiger partial charge in [-0.15, -0.1) is 5.23 Å². The highest BCUT2D eigenvalue weighted by Crippen LogP contribution is 2.20. The Morgan fingerprint density at radius 3 is 2.57 bits per heavy atom. The smallest absolute Gasteiger partial charge is 0.0950 e. The van der Waals surface area contributed by atoms with Gasteiger partial charge < -0.3 is 15.3 Å². The first-order valence-corrected chi connectivity index (χ1v) is 3.56. The van der Waals surface area contributed by atoms with Crippen LogP contribution in [-0.4, -0.2) is 16.4 Å². The molecule has 0 saturated carbocycles. The molecule has 7 heteroatoms. The third kappa shape index (κ3) is 1.91. The van der Waals surface area contributed by atoms with E-state index in [0.717, 1.165) is 6.07 Å². The predicted octanol–water partition coefficient (Wildman–Crippen LogP) is -1.08. The third-order valence-electron chi connectivity index (χ3n) is 1.61. The van der Waals surface area contributed by atoms with Crippen molar-refractivity contribution in [3.8, 4) is 0 Å². The molecule has 0 aliphatic heterocycles. The maximum absolute atomic E-state index is 10.6. The minimum Gasteiger partial charge on any atom is -0.545 e. The monoisotopic (exact) mass is 198 g/mol. The van der Waals surface area contributed by atoms with Gasteiger partial charge in [0.15, 0.2) is 0 Å². The zero-order valence-electron chi connectivity index (χ0n) is 6.97. The van der Waals surface area contributed by atoms with Crippen LogP contribution in [0.2, 0.25) is 0 Å². The lowest BCUT2D eigenvalue weighted by Gasteiger charge is -2.13. The van der Waals surface area contributed by atoms with E-state index < -0.39 is 5.97 Å². The summed E-state index contributed by atoms with van der Waals surface area (Å²) in [6, 6.07) is 3.55. The van der Waals surface area contributed by atoms with Gasteiger partial charge >= 0.3 is 0 Å². The Morgan fingerprint density at radius 2 is 2.14 bits per heavy atom. The maximum atomic E-state index is 10.6. The molecular formula is C7H8N3O4-. The maximum Gasteiger partial charge on any atom is 0.0950 e. The largest absolute Gasteiger partial charge is 0.545 e. The van der Waals surface area contributed by atoms with Crippen molar-refractivity contribution in [2.45, 2.75) is 0 Å². The number of nitrogen functional groups attached to an aromatic ring is 1. The quantitative estimate of drug-likeness (QED) is 0.360. The summed E-state index contributed by atoms with van der Waals surface area (Å²) in [5.74, 6) is 3.56. The molecule has 0 saturated heterocycles. The van der Waals surface area contributed by atoms with E-state index >= 15 is 0 Å². The van der Waals surface area contributed by atoms with Gasteiger partial charge in [-0.25, -0.2) is 0 Å². The summed E-state index contributed by atoms with van der Waals surface area (Å²) in [5, 5.41) is 27.6. The average molecular weight is 198 g/mol. The number of nitrogens with two attached hydrogens (primary N) is 1. The summed E-state index contributed by atoms with van der Waals surface area (Å²) in [5.41, 5.74) is 1.89. The molecule has 1 aromatic rings. The summed E-state index contributed by atoms with van der Waals surface area (Å²) in [6.07, 6.45) is 0. The number of hydrogen-bond donors (Lipinski definition) is 4. The van der Waals surface area contributed by atoms with E-state index in [0.29, 0.717) is 0 Å². The van der Waals surface area contributed by atoms with Crippen molar-refractivity contribution < 1.29 is 20.3 Å². The molecule has 0 spiro atoms. The second-order valence-corrected chi connectivity index (χ2v) is 2.45. The van der Waals surface area contributed by atoms with Gasteiger partial charge in [0, 0.05) is 5.56 Å². The number of aromatic carboxylic acids is 1. The van der Waals surface area contributed by atoms with Crippen LogP contribution in [0, 0.1) is 0 Å². The van der Waals surface area contributed by atoms with Crippen molar-refractivity contribution in [2.24, 2.45) is 5.84 Å². The van der Waals surface area contributed by atoms with E-state index in [4.69, 9.17) is 16.3 Å². The molecule has 1 aromatic carbocycles. The zero-order chi connectivity index (χ0) is 10.7. The first kappa shape index (κ1) is 10.3. The minimum absolute atomic E-state index is 0.108. The van der Waals surface area contributed by atoms with E-state index in [9.17, 15) is 9.90 Å². The van der Waals surface area contributed by atoms with E-state index in [1.54, 1.807) is 0 Å². The number of carbonyl (C=O) groups excluding carboxylic acids is 1. The normalized spacial score (nSPS) is 9.64. The van der Waals surface area contributed by atoms with E-state index in [1.165, 1.54) is 12.1 Å². The van der Waals surface area contributed by atoms with Gasteiger partial charge in [-0.2, -0.15) is 0 Å². The Labute approximate surface area is 78.9 Å². The standard InChI is InChI=1S/C7H9N3O4/c8-9-6-2-1-4(10(13)14)3-5(6)7(11)12/h1-3,9,13-14H,8H2,(H,11,12)/p-1. The Kier molecular flexibility index (Phi) is 2.87. The van der Waals surface area contributed by atoms with Crippen LogP contribution >= 0.6 is 0 Å². The van der Waals surface area contributed by atoms with Crippen LogP contribution in [0.25, 0.3) is 0 Å². The molecule has 1 rings (SSSR count). The van der Waals surface area contributed by atoms with Crippen molar-refractivity contribution >= 4 is 17.3 Å². The van der Waals surface area contributed by atoms with E-state index in [2.05, 4.69) is 5.43 Å². The lowest BCUT2D eigenvalue weighted by atomic mass is 10.1. The number of rotatable bonds is 3. The third-order valence-corrected chi connectivity index (χ3v) is 1.61. The molecule has 0 heterocycles. The molecule has 0 unspecified atom stereocenters. The van der Waals surface area contributed by atoms with Gasteiger partial charge in [-0.05, 0) is 18.2 Å². The second kappa shape index (κ2) is 3.92. The Morgan fingerprint density at radius 1 is 1.50 bits per heavy atom. The molecular weight excluding hydrogens is 190 g/mol. The number of carboxylic acids is 1. The Bertz CT molecular complexity index is 353. The van der Waals surface area contributed by atoms with E-state index in [-0.39, 0.29) is 22.2 Å². The van der Waals surface area contributed by atoms with Gasteiger partial charge in [0.25, 0.3) is 0 Å². The van der Waals surface area contributed by atoms with Crippen molar-refractivity contribution in [1.29, 1.82) is 0 Å². The molecule has 0 aliphatic carbocycles. The van der Waals surface area contributed by atoms with E-state index in [1.807, 2.05) is 0 Å². The van der Waals surface area contributed by atoms with Crippen molar-refractivity contribution in [3.63, 3.8) is 0 Å². The van der Waals surface area contributed by atoms with Crippen molar-refractivity contribution in [3.05, 3.63) is 23.8 Å². The summed E-state index contributed by atoms with van der Waals surface area (Å²) >= 11 is 0. The first-order valence-electron chi connectivity index (χ1n) is 3.56. The molecule has 0 aliphatic rings. The van der Waals surface area contributed by atoms with Crippen molar-refractivity contribution in [2.75, 3.05) is 10.7 Å². The highest BCUT2D eigenvalue weighted by molar-refractivity contribution is 5.93. The highest BCUT2D eigenvalue weighted by atomic mass is 16.8.